The number of likely N-dealkylation sites (tertiary alicyclic amines) is 1. The number of rotatable bonds is 5. The fraction of sp³-hybridized carbons (Fsp3) is 0.400. The van der Waals surface area contributed by atoms with E-state index in [2.05, 4.69) is 11.1 Å². The van der Waals surface area contributed by atoms with Crippen molar-refractivity contribution in [2.75, 3.05) is 27.3 Å². The molecule has 1 amide bonds. The average Bonchev–Trinajstić information content (AvgIpc) is 2.68. The Hall–Kier alpha value is -2.56. The molecule has 1 saturated heterocycles. The minimum Gasteiger partial charge on any atom is -0.496 e. The molecule has 25 heavy (non-hydrogen) atoms. The molecule has 0 N–H and O–H groups in total. The van der Waals surface area contributed by atoms with Gasteiger partial charge in [0.05, 0.1) is 14.2 Å². The molecule has 2 aromatic rings. The standard InChI is InChI=1S/C20H24N2O3/c1-24-17-6-3-7-18(25-2)19(17)20(23)22-11-8-15(9-12-22)13-16-5-4-10-21-14-16/h3-7,10,14-15H,8-9,11-13H2,1-2H3. The van der Waals surface area contributed by atoms with Crippen LogP contribution in [0.3, 0.4) is 0 Å². The summed E-state index contributed by atoms with van der Waals surface area (Å²) < 4.78 is 10.7. The van der Waals surface area contributed by atoms with E-state index in [1.165, 1.54) is 5.56 Å². The second kappa shape index (κ2) is 8.01. The van der Waals surface area contributed by atoms with Gasteiger partial charge in [-0.25, -0.2) is 0 Å². The molecule has 0 unspecified atom stereocenters. The average molecular weight is 340 g/mol. The molecule has 0 spiro atoms. The molecular formula is C20H24N2O3. The van der Waals surface area contributed by atoms with Crippen LogP contribution in [0.2, 0.25) is 0 Å². The van der Waals surface area contributed by atoms with Crippen molar-refractivity contribution in [3.8, 4) is 11.5 Å². The van der Waals surface area contributed by atoms with Crippen molar-refractivity contribution in [3.05, 3.63) is 53.9 Å². The van der Waals surface area contributed by atoms with E-state index in [-0.39, 0.29) is 5.91 Å². The second-order valence-electron chi connectivity index (χ2n) is 6.34. The van der Waals surface area contributed by atoms with E-state index >= 15 is 0 Å². The summed E-state index contributed by atoms with van der Waals surface area (Å²) in [6.07, 6.45) is 6.74. The number of benzene rings is 1. The molecule has 1 fully saturated rings. The van der Waals surface area contributed by atoms with Gasteiger partial charge in [-0.1, -0.05) is 12.1 Å². The van der Waals surface area contributed by atoms with E-state index in [1.807, 2.05) is 23.2 Å². The van der Waals surface area contributed by atoms with E-state index in [1.54, 1.807) is 32.5 Å². The molecule has 3 rings (SSSR count). The third-order valence-electron chi connectivity index (χ3n) is 4.79. The molecule has 132 valence electrons. The lowest BCUT2D eigenvalue weighted by molar-refractivity contribution is 0.0683. The highest BCUT2D eigenvalue weighted by atomic mass is 16.5. The van der Waals surface area contributed by atoms with E-state index in [9.17, 15) is 4.79 Å². The third kappa shape index (κ3) is 3.92. The minimum absolute atomic E-state index is 0.0193. The summed E-state index contributed by atoms with van der Waals surface area (Å²) in [7, 11) is 3.15. The summed E-state index contributed by atoms with van der Waals surface area (Å²) in [4.78, 5) is 19.1. The Morgan fingerprint density at radius 2 is 1.80 bits per heavy atom. The molecule has 1 aromatic carbocycles. The highest BCUT2D eigenvalue weighted by Gasteiger charge is 2.27. The number of pyridine rings is 1. The van der Waals surface area contributed by atoms with Crippen molar-refractivity contribution in [3.63, 3.8) is 0 Å². The fourth-order valence-electron chi connectivity index (χ4n) is 3.41. The van der Waals surface area contributed by atoms with Gasteiger partial charge >= 0.3 is 0 Å². The Balaban J connectivity index is 1.66. The van der Waals surface area contributed by atoms with Crippen LogP contribution in [-0.4, -0.2) is 43.1 Å². The van der Waals surface area contributed by atoms with Gasteiger partial charge in [-0.05, 0) is 48.9 Å². The van der Waals surface area contributed by atoms with Gasteiger partial charge < -0.3 is 14.4 Å². The molecule has 5 nitrogen and oxygen atoms in total. The van der Waals surface area contributed by atoms with Crippen molar-refractivity contribution in [2.45, 2.75) is 19.3 Å². The molecule has 2 heterocycles. The number of carbonyl (C=O) groups is 1. The second-order valence-corrected chi connectivity index (χ2v) is 6.34. The zero-order chi connectivity index (χ0) is 17.6. The molecule has 0 bridgehead atoms. The first-order valence-corrected chi connectivity index (χ1v) is 8.62. The van der Waals surface area contributed by atoms with Gasteiger partial charge in [0.2, 0.25) is 0 Å². The van der Waals surface area contributed by atoms with E-state index in [4.69, 9.17) is 9.47 Å². The van der Waals surface area contributed by atoms with Gasteiger partial charge in [0, 0.05) is 25.5 Å². The first-order valence-electron chi connectivity index (χ1n) is 8.62. The molecule has 1 aliphatic rings. The lowest BCUT2D eigenvalue weighted by Crippen LogP contribution is -2.39. The summed E-state index contributed by atoms with van der Waals surface area (Å²) in [6.45, 7) is 1.51. The Labute approximate surface area is 148 Å². The predicted octanol–water partition coefficient (Wildman–Crippen LogP) is 3.19. The number of piperidine rings is 1. The van der Waals surface area contributed by atoms with Crippen LogP contribution in [0.1, 0.15) is 28.8 Å². The summed E-state index contributed by atoms with van der Waals surface area (Å²) >= 11 is 0. The Bertz CT molecular complexity index is 688. The number of nitrogens with zero attached hydrogens (tertiary/aromatic N) is 2. The molecule has 5 heteroatoms. The maximum atomic E-state index is 13.0. The van der Waals surface area contributed by atoms with Crippen molar-refractivity contribution in [1.29, 1.82) is 0 Å². The van der Waals surface area contributed by atoms with Crippen LogP contribution < -0.4 is 9.47 Å². The van der Waals surface area contributed by atoms with Crippen molar-refractivity contribution in [1.82, 2.24) is 9.88 Å². The third-order valence-corrected chi connectivity index (χ3v) is 4.79. The number of aromatic nitrogens is 1. The van der Waals surface area contributed by atoms with Gasteiger partial charge in [0.1, 0.15) is 17.1 Å². The SMILES string of the molecule is COc1cccc(OC)c1C(=O)N1CCC(Cc2cccnc2)CC1. The summed E-state index contributed by atoms with van der Waals surface area (Å²) in [5, 5.41) is 0. The monoisotopic (exact) mass is 340 g/mol. The van der Waals surface area contributed by atoms with Gasteiger partial charge in [-0.15, -0.1) is 0 Å². The molecule has 1 aromatic heterocycles. The summed E-state index contributed by atoms with van der Waals surface area (Å²) in [6, 6.07) is 9.51. The van der Waals surface area contributed by atoms with Crippen LogP contribution in [0.5, 0.6) is 11.5 Å². The van der Waals surface area contributed by atoms with Crippen molar-refractivity contribution < 1.29 is 14.3 Å². The smallest absolute Gasteiger partial charge is 0.261 e. The molecular weight excluding hydrogens is 316 g/mol. The maximum absolute atomic E-state index is 13.0. The Kier molecular flexibility index (Phi) is 5.53. The number of carbonyl (C=O) groups excluding carboxylic acids is 1. The molecule has 1 aliphatic heterocycles. The van der Waals surface area contributed by atoms with Gasteiger partial charge in [0.25, 0.3) is 5.91 Å². The Morgan fingerprint density at radius 3 is 2.36 bits per heavy atom. The first kappa shape index (κ1) is 17.3. The minimum atomic E-state index is -0.0193. The highest BCUT2D eigenvalue weighted by molar-refractivity contribution is 5.99. The zero-order valence-electron chi connectivity index (χ0n) is 14.8. The van der Waals surface area contributed by atoms with Crippen LogP contribution in [-0.2, 0) is 6.42 Å². The quantitative estimate of drug-likeness (QED) is 0.839. The number of methoxy groups -OCH3 is 2. The van der Waals surface area contributed by atoms with Crippen molar-refractivity contribution >= 4 is 5.91 Å². The number of amides is 1. The van der Waals surface area contributed by atoms with Gasteiger partial charge in [0.15, 0.2) is 0 Å². The number of hydrogen-bond acceptors (Lipinski definition) is 4. The first-order chi connectivity index (χ1) is 12.2. The summed E-state index contributed by atoms with van der Waals surface area (Å²) in [5.74, 6) is 1.69. The molecule has 0 radical (unpaired) electrons. The Morgan fingerprint density at radius 1 is 1.12 bits per heavy atom. The lowest BCUT2D eigenvalue weighted by Gasteiger charge is -2.32. The fourth-order valence-corrected chi connectivity index (χ4v) is 3.41. The van der Waals surface area contributed by atoms with E-state index in [0.717, 1.165) is 32.4 Å². The maximum Gasteiger partial charge on any atom is 0.261 e. The largest absolute Gasteiger partial charge is 0.496 e. The molecule has 0 atom stereocenters. The van der Waals surface area contributed by atoms with Crippen LogP contribution >= 0.6 is 0 Å². The number of hydrogen-bond donors (Lipinski definition) is 0. The van der Waals surface area contributed by atoms with Crippen LogP contribution in [0, 0.1) is 5.92 Å². The zero-order valence-corrected chi connectivity index (χ0v) is 14.8. The lowest BCUT2D eigenvalue weighted by atomic mass is 9.90. The molecule has 0 saturated carbocycles. The number of ether oxygens (including phenoxy) is 2. The van der Waals surface area contributed by atoms with Crippen LogP contribution in [0.25, 0.3) is 0 Å². The highest BCUT2D eigenvalue weighted by Crippen LogP contribution is 2.31. The summed E-state index contributed by atoms with van der Waals surface area (Å²) in [5.41, 5.74) is 1.77. The van der Waals surface area contributed by atoms with Crippen LogP contribution in [0.15, 0.2) is 42.7 Å². The van der Waals surface area contributed by atoms with E-state index < -0.39 is 0 Å². The van der Waals surface area contributed by atoms with Gasteiger partial charge in [-0.3, -0.25) is 9.78 Å². The van der Waals surface area contributed by atoms with Crippen molar-refractivity contribution in [2.24, 2.45) is 5.92 Å². The van der Waals surface area contributed by atoms with Gasteiger partial charge in [-0.2, -0.15) is 0 Å². The predicted molar refractivity (Wildman–Crippen MR) is 96.1 cm³/mol. The normalized spacial score (nSPS) is 15.0. The molecule has 0 aliphatic carbocycles. The van der Waals surface area contributed by atoms with E-state index in [0.29, 0.717) is 23.0 Å². The van der Waals surface area contributed by atoms with Crippen LogP contribution in [0.4, 0.5) is 0 Å². The topological polar surface area (TPSA) is 51.7 Å².